The molecule has 24 heavy (non-hydrogen) atoms. The van der Waals surface area contributed by atoms with Crippen LogP contribution in [0, 0.1) is 6.92 Å². The van der Waals surface area contributed by atoms with E-state index in [4.69, 9.17) is 10.5 Å². The highest BCUT2D eigenvalue weighted by atomic mass is 16.5. The Balaban J connectivity index is 1.83. The van der Waals surface area contributed by atoms with Gasteiger partial charge in [0.05, 0.1) is 7.11 Å². The first-order chi connectivity index (χ1) is 11.5. The van der Waals surface area contributed by atoms with Crippen LogP contribution in [0.15, 0.2) is 48.5 Å². The number of carbonyl (C=O) groups is 1. The van der Waals surface area contributed by atoms with Crippen LogP contribution in [-0.2, 0) is 11.2 Å². The molecule has 4 nitrogen and oxygen atoms in total. The average molecular weight is 326 g/mol. The summed E-state index contributed by atoms with van der Waals surface area (Å²) >= 11 is 0. The van der Waals surface area contributed by atoms with Gasteiger partial charge >= 0.3 is 0 Å². The minimum Gasteiger partial charge on any atom is -0.497 e. The number of aryl methyl sites for hydroxylation is 2. The highest BCUT2D eigenvalue weighted by Gasteiger charge is 2.17. The van der Waals surface area contributed by atoms with Crippen molar-refractivity contribution in [3.8, 4) is 5.75 Å². The van der Waals surface area contributed by atoms with Crippen LogP contribution in [0.4, 0.5) is 0 Å². The molecule has 2 aromatic carbocycles. The van der Waals surface area contributed by atoms with Gasteiger partial charge in [-0.25, -0.2) is 0 Å². The van der Waals surface area contributed by atoms with Crippen LogP contribution >= 0.6 is 0 Å². The topological polar surface area (TPSA) is 64.3 Å². The van der Waals surface area contributed by atoms with Crippen LogP contribution in [0.2, 0.25) is 0 Å². The molecule has 0 spiro atoms. The Morgan fingerprint density at radius 1 is 1.12 bits per heavy atom. The first-order valence-corrected chi connectivity index (χ1v) is 8.25. The standard InChI is InChI=1S/C20H26N2O2/c1-14-4-10-17(11-5-14)19(21)20(23)22-15(2)6-7-16-8-12-18(24-3)13-9-16/h4-5,8-13,15,19H,6-7,21H2,1-3H3,(H,22,23). The Morgan fingerprint density at radius 3 is 2.33 bits per heavy atom. The molecule has 0 saturated carbocycles. The lowest BCUT2D eigenvalue weighted by atomic mass is 10.0. The van der Waals surface area contributed by atoms with Gasteiger partial charge in [-0.05, 0) is 49.9 Å². The summed E-state index contributed by atoms with van der Waals surface area (Å²) in [4.78, 5) is 12.3. The zero-order chi connectivity index (χ0) is 17.5. The highest BCUT2D eigenvalue weighted by Crippen LogP contribution is 2.14. The maximum absolute atomic E-state index is 12.3. The number of hydrogen-bond acceptors (Lipinski definition) is 3. The van der Waals surface area contributed by atoms with Crippen LogP contribution in [0.25, 0.3) is 0 Å². The van der Waals surface area contributed by atoms with E-state index in [2.05, 4.69) is 5.32 Å². The van der Waals surface area contributed by atoms with Crippen LogP contribution in [0.5, 0.6) is 5.75 Å². The smallest absolute Gasteiger partial charge is 0.241 e. The van der Waals surface area contributed by atoms with Crippen LogP contribution in [0.1, 0.15) is 36.1 Å². The third-order valence-corrected chi connectivity index (χ3v) is 4.13. The lowest BCUT2D eigenvalue weighted by molar-refractivity contribution is -0.123. The maximum Gasteiger partial charge on any atom is 0.241 e. The van der Waals surface area contributed by atoms with Gasteiger partial charge in [0.15, 0.2) is 0 Å². The maximum atomic E-state index is 12.3. The Bertz CT molecular complexity index is 650. The summed E-state index contributed by atoms with van der Waals surface area (Å²) < 4.78 is 5.15. The van der Waals surface area contributed by atoms with E-state index >= 15 is 0 Å². The number of hydrogen-bond donors (Lipinski definition) is 2. The first kappa shape index (κ1) is 18.0. The molecule has 0 aliphatic carbocycles. The van der Waals surface area contributed by atoms with Crippen molar-refractivity contribution in [1.29, 1.82) is 0 Å². The normalized spacial score (nSPS) is 13.2. The van der Waals surface area contributed by atoms with E-state index in [0.717, 1.165) is 29.7 Å². The van der Waals surface area contributed by atoms with Crippen molar-refractivity contribution in [2.24, 2.45) is 5.73 Å². The molecule has 128 valence electrons. The van der Waals surface area contributed by atoms with Crippen molar-refractivity contribution in [3.05, 3.63) is 65.2 Å². The molecule has 2 aromatic rings. The Hall–Kier alpha value is -2.33. The Kier molecular flexibility index (Phi) is 6.38. The van der Waals surface area contributed by atoms with Crippen LogP contribution in [0.3, 0.4) is 0 Å². The number of rotatable bonds is 7. The number of methoxy groups -OCH3 is 1. The monoisotopic (exact) mass is 326 g/mol. The van der Waals surface area contributed by atoms with Crippen molar-refractivity contribution >= 4 is 5.91 Å². The molecular formula is C20H26N2O2. The molecule has 0 heterocycles. The van der Waals surface area contributed by atoms with Gasteiger partial charge in [-0.1, -0.05) is 42.0 Å². The number of nitrogens with one attached hydrogen (secondary N) is 1. The Labute approximate surface area is 144 Å². The summed E-state index contributed by atoms with van der Waals surface area (Å²) in [5, 5.41) is 3.00. The van der Waals surface area contributed by atoms with E-state index < -0.39 is 6.04 Å². The van der Waals surface area contributed by atoms with Gasteiger partial charge in [-0.3, -0.25) is 4.79 Å². The Morgan fingerprint density at radius 2 is 1.75 bits per heavy atom. The quantitative estimate of drug-likeness (QED) is 0.821. The summed E-state index contributed by atoms with van der Waals surface area (Å²) in [5.74, 6) is 0.713. The van der Waals surface area contributed by atoms with E-state index in [9.17, 15) is 4.79 Å². The molecule has 2 atom stereocenters. The van der Waals surface area contributed by atoms with Gasteiger partial charge in [-0.15, -0.1) is 0 Å². The third kappa shape index (κ3) is 5.10. The fourth-order valence-electron chi connectivity index (χ4n) is 2.51. The lowest BCUT2D eigenvalue weighted by Crippen LogP contribution is -2.39. The molecule has 0 fully saturated rings. The highest BCUT2D eigenvalue weighted by molar-refractivity contribution is 5.83. The molecule has 0 aliphatic heterocycles. The molecule has 0 aliphatic rings. The minimum absolute atomic E-state index is 0.0658. The summed E-state index contributed by atoms with van der Waals surface area (Å²) in [6.07, 6.45) is 1.75. The van der Waals surface area contributed by atoms with Gasteiger partial charge in [-0.2, -0.15) is 0 Å². The fourth-order valence-corrected chi connectivity index (χ4v) is 2.51. The molecule has 3 N–H and O–H groups in total. The van der Waals surface area contributed by atoms with E-state index in [1.54, 1.807) is 7.11 Å². The molecule has 1 amide bonds. The van der Waals surface area contributed by atoms with Crippen molar-refractivity contribution in [2.45, 2.75) is 38.8 Å². The van der Waals surface area contributed by atoms with Crippen molar-refractivity contribution in [3.63, 3.8) is 0 Å². The molecule has 2 rings (SSSR count). The number of benzene rings is 2. The lowest BCUT2D eigenvalue weighted by Gasteiger charge is -2.18. The average Bonchev–Trinajstić information content (AvgIpc) is 2.60. The van der Waals surface area contributed by atoms with Gasteiger partial charge in [0.25, 0.3) is 0 Å². The van der Waals surface area contributed by atoms with Crippen LogP contribution < -0.4 is 15.8 Å². The van der Waals surface area contributed by atoms with Gasteiger partial charge in [0, 0.05) is 6.04 Å². The van der Waals surface area contributed by atoms with Gasteiger partial charge < -0.3 is 15.8 Å². The predicted molar refractivity (Wildman–Crippen MR) is 97.0 cm³/mol. The van der Waals surface area contributed by atoms with Crippen molar-refractivity contribution in [1.82, 2.24) is 5.32 Å². The van der Waals surface area contributed by atoms with Gasteiger partial charge in [0.2, 0.25) is 5.91 Å². The largest absolute Gasteiger partial charge is 0.497 e. The van der Waals surface area contributed by atoms with Gasteiger partial charge in [0.1, 0.15) is 11.8 Å². The first-order valence-electron chi connectivity index (χ1n) is 8.25. The minimum atomic E-state index is -0.631. The molecular weight excluding hydrogens is 300 g/mol. The number of nitrogens with two attached hydrogens (primary N) is 1. The summed E-state index contributed by atoms with van der Waals surface area (Å²) in [7, 11) is 1.66. The number of ether oxygens (including phenoxy) is 1. The van der Waals surface area contributed by atoms with E-state index in [1.807, 2.05) is 62.4 Å². The molecule has 0 saturated heterocycles. The molecule has 0 radical (unpaired) electrons. The van der Waals surface area contributed by atoms with Crippen molar-refractivity contribution in [2.75, 3.05) is 7.11 Å². The summed E-state index contributed by atoms with van der Waals surface area (Å²) in [6, 6.07) is 15.2. The van der Waals surface area contributed by atoms with Crippen LogP contribution in [-0.4, -0.2) is 19.1 Å². The second-order valence-electron chi connectivity index (χ2n) is 6.18. The third-order valence-electron chi connectivity index (χ3n) is 4.13. The number of carbonyl (C=O) groups excluding carboxylic acids is 1. The molecule has 0 bridgehead atoms. The molecule has 0 aromatic heterocycles. The number of amides is 1. The second-order valence-corrected chi connectivity index (χ2v) is 6.18. The van der Waals surface area contributed by atoms with E-state index in [-0.39, 0.29) is 11.9 Å². The molecule has 2 unspecified atom stereocenters. The molecule has 4 heteroatoms. The van der Waals surface area contributed by atoms with Crippen molar-refractivity contribution < 1.29 is 9.53 Å². The fraction of sp³-hybridized carbons (Fsp3) is 0.350. The second kappa shape index (κ2) is 8.50. The summed E-state index contributed by atoms with van der Waals surface area (Å²) in [5.41, 5.74) is 9.26. The van der Waals surface area contributed by atoms with E-state index in [0.29, 0.717) is 0 Å². The SMILES string of the molecule is COc1ccc(CCC(C)NC(=O)C(N)c2ccc(C)cc2)cc1. The van der Waals surface area contributed by atoms with E-state index in [1.165, 1.54) is 5.56 Å². The predicted octanol–water partition coefficient (Wildman–Crippen LogP) is 3.14. The zero-order valence-electron chi connectivity index (χ0n) is 14.6. The zero-order valence-corrected chi connectivity index (χ0v) is 14.6. The summed E-state index contributed by atoms with van der Waals surface area (Å²) in [6.45, 7) is 4.01.